The van der Waals surface area contributed by atoms with Crippen molar-refractivity contribution in [2.75, 3.05) is 0 Å². The quantitative estimate of drug-likeness (QED) is 0.849. The van der Waals surface area contributed by atoms with E-state index in [-0.39, 0.29) is 5.69 Å². The van der Waals surface area contributed by atoms with E-state index >= 15 is 0 Å². The van der Waals surface area contributed by atoms with Crippen molar-refractivity contribution in [3.8, 4) is 5.69 Å². The van der Waals surface area contributed by atoms with Gasteiger partial charge >= 0.3 is 5.97 Å². The van der Waals surface area contributed by atoms with Gasteiger partial charge in [0.1, 0.15) is 5.69 Å². The molecule has 1 heterocycles. The minimum Gasteiger partial charge on any atom is -0.479 e. The van der Waals surface area contributed by atoms with E-state index in [0.29, 0.717) is 5.69 Å². The van der Waals surface area contributed by atoms with Crippen molar-refractivity contribution in [3.05, 3.63) is 42.2 Å². The van der Waals surface area contributed by atoms with Crippen molar-refractivity contribution in [2.24, 2.45) is 0 Å². The number of aliphatic carboxylic acids is 1. The van der Waals surface area contributed by atoms with Crippen LogP contribution in [0.25, 0.3) is 5.69 Å². The number of para-hydroxylation sites is 1. The minimum absolute atomic E-state index is 0.0984. The van der Waals surface area contributed by atoms with Crippen molar-refractivity contribution in [1.29, 1.82) is 0 Å². The Bertz CT molecular complexity index is 498. The Balaban J connectivity index is 2.44. The van der Waals surface area contributed by atoms with Gasteiger partial charge in [0.2, 0.25) is 6.17 Å². The Morgan fingerprint density at radius 1 is 1.38 bits per heavy atom. The second kappa shape index (κ2) is 4.09. The maximum absolute atomic E-state index is 13.3. The summed E-state index contributed by atoms with van der Waals surface area (Å²) in [6.07, 6.45) is -1.03. The molecule has 2 aromatic rings. The molecule has 5 nitrogen and oxygen atoms in total. The zero-order chi connectivity index (χ0) is 11.5. The number of carboxylic acids is 1. The molecule has 6 heteroatoms. The molecule has 1 aromatic carbocycles. The number of carbonyl (C=O) groups is 1. The first kappa shape index (κ1) is 10.3. The SMILES string of the molecule is O=C(O)C(F)c1cnnn1-c1ccccc1. The molecular formula is C10H8FN3O2. The molecule has 0 fully saturated rings. The molecule has 2 rings (SSSR count). The third-order valence-electron chi connectivity index (χ3n) is 2.05. The highest BCUT2D eigenvalue weighted by atomic mass is 19.1. The summed E-state index contributed by atoms with van der Waals surface area (Å²) in [6, 6.07) is 8.66. The summed E-state index contributed by atoms with van der Waals surface area (Å²) in [7, 11) is 0. The Kier molecular flexibility index (Phi) is 2.63. The van der Waals surface area contributed by atoms with Gasteiger partial charge in [-0.05, 0) is 12.1 Å². The fraction of sp³-hybridized carbons (Fsp3) is 0.100. The van der Waals surface area contributed by atoms with E-state index in [1.807, 2.05) is 0 Å². The van der Waals surface area contributed by atoms with Crippen LogP contribution >= 0.6 is 0 Å². The lowest BCUT2D eigenvalue weighted by Gasteiger charge is -2.06. The summed E-state index contributed by atoms with van der Waals surface area (Å²) < 4.78 is 14.5. The van der Waals surface area contributed by atoms with Gasteiger partial charge in [0, 0.05) is 0 Å². The van der Waals surface area contributed by atoms with E-state index < -0.39 is 12.1 Å². The third-order valence-corrected chi connectivity index (χ3v) is 2.05. The van der Waals surface area contributed by atoms with Crippen molar-refractivity contribution in [2.45, 2.75) is 6.17 Å². The summed E-state index contributed by atoms with van der Waals surface area (Å²) in [6.45, 7) is 0. The van der Waals surface area contributed by atoms with Crippen LogP contribution < -0.4 is 0 Å². The number of nitrogens with zero attached hydrogens (tertiary/aromatic N) is 3. The first-order valence-corrected chi connectivity index (χ1v) is 4.53. The predicted molar refractivity (Wildman–Crippen MR) is 52.8 cm³/mol. The topological polar surface area (TPSA) is 68.0 Å². The predicted octanol–water partition coefficient (Wildman–Crippen LogP) is 1.36. The molecule has 1 N–H and O–H groups in total. The van der Waals surface area contributed by atoms with Gasteiger partial charge in [0.15, 0.2) is 0 Å². The largest absolute Gasteiger partial charge is 0.479 e. The van der Waals surface area contributed by atoms with E-state index in [0.717, 1.165) is 6.20 Å². The zero-order valence-electron chi connectivity index (χ0n) is 8.12. The first-order chi connectivity index (χ1) is 7.70. The lowest BCUT2D eigenvalue weighted by molar-refractivity contribution is -0.143. The fourth-order valence-electron chi connectivity index (χ4n) is 1.31. The highest BCUT2D eigenvalue weighted by Crippen LogP contribution is 2.19. The zero-order valence-corrected chi connectivity index (χ0v) is 8.12. The third kappa shape index (κ3) is 1.77. The van der Waals surface area contributed by atoms with E-state index in [1.165, 1.54) is 4.68 Å². The molecule has 0 saturated carbocycles. The average molecular weight is 221 g/mol. The molecule has 0 saturated heterocycles. The van der Waals surface area contributed by atoms with Gasteiger partial charge in [-0.2, -0.15) is 0 Å². The van der Waals surface area contributed by atoms with Crippen LogP contribution in [-0.2, 0) is 4.79 Å². The average Bonchev–Trinajstić information content (AvgIpc) is 2.77. The van der Waals surface area contributed by atoms with E-state index in [9.17, 15) is 9.18 Å². The van der Waals surface area contributed by atoms with Gasteiger partial charge in [0.25, 0.3) is 0 Å². The summed E-state index contributed by atoms with van der Waals surface area (Å²) in [4.78, 5) is 10.5. The van der Waals surface area contributed by atoms with Crippen LogP contribution in [0.2, 0.25) is 0 Å². The summed E-state index contributed by atoms with van der Waals surface area (Å²) in [5, 5.41) is 15.7. The van der Waals surface area contributed by atoms with Crippen molar-refractivity contribution < 1.29 is 14.3 Å². The monoisotopic (exact) mass is 221 g/mol. The van der Waals surface area contributed by atoms with Crippen molar-refractivity contribution >= 4 is 5.97 Å². The molecule has 1 aromatic heterocycles. The maximum atomic E-state index is 13.3. The summed E-state index contributed by atoms with van der Waals surface area (Å²) >= 11 is 0. The second-order valence-corrected chi connectivity index (χ2v) is 3.11. The van der Waals surface area contributed by atoms with Crippen molar-refractivity contribution in [3.63, 3.8) is 0 Å². The van der Waals surface area contributed by atoms with Crippen LogP contribution in [0.3, 0.4) is 0 Å². The molecule has 1 atom stereocenters. The molecule has 0 radical (unpaired) electrons. The Labute approximate surface area is 90.1 Å². The maximum Gasteiger partial charge on any atom is 0.344 e. The normalized spacial score (nSPS) is 12.3. The van der Waals surface area contributed by atoms with Gasteiger partial charge in [0.05, 0.1) is 11.9 Å². The standard InChI is InChI=1S/C10H8FN3O2/c11-9(10(15)16)8-6-12-13-14(8)7-4-2-1-3-5-7/h1-6,9H,(H,15,16). The second-order valence-electron chi connectivity index (χ2n) is 3.11. The van der Waals surface area contributed by atoms with Gasteiger partial charge < -0.3 is 5.11 Å². The van der Waals surface area contributed by atoms with Gasteiger partial charge in [-0.15, -0.1) is 5.10 Å². The number of alkyl halides is 1. The molecular weight excluding hydrogens is 213 g/mol. The molecule has 82 valence electrons. The van der Waals surface area contributed by atoms with Gasteiger partial charge in [-0.25, -0.2) is 13.9 Å². The number of halogens is 1. The van der Waals surface area contributed by atoms with Crippen LogP contribution in [-0.4, -0.2) is 26.1 Å². The number of benzene rings is 1. The van der Waals surface area contributed by atoms with E-state index in [2.05, 4.69) is 10.3 Å². The molecule has 0 spiro atoms. The number of carboxylic acid groups (broad SMARTS) is 1. The summed E-state index contributed by atoms with van der Waals surface area (Å²) in [5.74, 6) is -1.56. The number of hydrogen-bond donors (Lipinski definition) is 1. The highest BCUT2D eigenvalue weighted by Gasteiger charge is 2.23. The number of hydrogen-bond acceptors (Lipinski definition) is 3. The van der Waals surface area contributed by atoms with Gasteiger partial charge in [-0.3, -0.25) is 0 Å². The molecule has 1 unspecified atom stereocenters. The Morgan fingerprint density at radius 2 is 2.06 bits per heavy atom. The first-order valence-electron chi connectivity index (χ1n) is 4.53. The van der Waals surface area contributed by atoms with E-state index in [4.69, 9.17) is 5.11 Å². The van der Waals surface area contributed by atoms with Crippen LogP contribution in [0.1, 0.15) is 11.9 Å². The smallest absolute Gasteiger partial charge is 0.344 e. The number of rotatable bonds is 3. The van der Waals surface area contributed by atoms with Gasteiger partial charge in [-0.1, -0.05) is 23.4 Å². The summed E-state index contributed by atoms with van der Waals surface area (Å²) in [5.41, 5.74) is 0.470. The molecule has 0 aliphatic rings. The molecule has 0 aliphatic heterocycles. The van der Waals surface area contributed by atoms with Crippen LogP contribution in [0.15, 0.2) is 36.5 Å². The molecule has 16 heavy (non-hydrogen) atoms. The Hall–Kier alpha value is -2.24. The minimum atomic E-state index is -2.13. The molecule has 0 amide bonds. The van der Waals surface area contributed by atoms with Crippen LogP contribution in [0.5, 0.6) is 0 Å². The van der Waals surface area contributed by atoms with Crippen LogP contribution in [0.4, 0.5) is 4.39 Å². The molecule has 0 aliphatic carbocycles. The lowest BCUT2D eigenvalue weighted by Crippen LogP contribution is -2.11. The highest BCUT2D eigenvalue weighted by molar-refractivity contribution is 5.73. The number of aromatic nitrogens is 3. The van der Waals surface area contributed by atoms with Crippen LogP contribution in [0, 0.1) is 0 Å². The Morgan fingerprint density at radius 3 is 2.69 bits per heavy atom. The van der Waals surface area contributed by atoms with Crippen molar-refractivity contribution in [1.82, 2.24) is 15.0 Å². The van der Waals surface area contributed by atoms with E-state index in [1.54, 1.807) is 30.3 Å². The fourth-order valence-corrected chi connectivity index (χ4v) is 1.31. The lowest BCUT2D eigenvalue weighted by atomic mass is 10.2. The molecule has 0 bridgehead atoms.